The molecule has 5 heterocycles. The third-order valence-electron chi connectivity index (χ3n) is 16.6. The lowest BCUT2D eigenvalue weighted by Gasteiger charge is -2.44. The van der Waals surface area contributed by atoms with Crippen molar-refractivity contribution in [2.75, 3.05) is 9.80 Å². The maximum Gasteiger partial charge on any atom is 0.252 e. The fourth-order valence-electron chi connectivity index (χ4n) is 13.4. The van der Waals surface area contributed by atoms with E-state index in [-0.39, 0.29) is 6.71 Å². The van der Waals surface area contributed by atoms with Gasteiger partial charge < -0.3 is 23.5 Å². The maximum absolute atomic E-state index is 2.63. The highest BCUT2D eigenvalue weighted by molar-refractivity contribution is 7.00. The van der Waals surface area contributed by atoms with Gasteiger partial charge in [-0.05, 0) is 135 Å². The molecular weight excluding hydrogens is 922 g/mol. The second-order valence-corrected chi connectivity index (χ2v) is 21.2. The number of benzene rings is 11. The molecule has 6 heteroatoms. The van der Waals surface area contributed by atoms with E-state index in [0.717, 1.165) is 34.0 Å². The third-order valence-corrected chi connectivity index (χ3v) is 16.6. The van der Waals surface area contributed by atoms with E-state index in [9.17, 15) is 0 Å². The van der Waals surface area contributed by atoms with Crippen LogP contribution in [0, 0.1) is 27.7 Å². The lowest BCUT2D eigenvalue weighted by atomic mass is 9.33. The van der Waals surface area contributed by atoms with Gasteiger partial charge in [0.15, 0.2) is 0 Å². The monoisotopic (exact) mass is 971 g/mol. The Balaban J connectivity index is 1.15. The number of rotatable bonds is 5. The Morgan fingerprint density at radius 1 is 0.276 bits per heavy atom. The molecule has 0 aliphatic carbocycles. The molecule has 0 spiro atoms. The van der Waals surface area contributed by atoms with Gasteiger partial charge in [-0.15, -0.1) is 0 Å². The number of fused-ring (bicyclic) bond motifs is 16. The summed E-state index contributed by atoms with van der Waals surface area (Å²) in [4.78, 5) is 5.11. The van der Waals surface area contributed by atoms with Gasteiger partial charge in [0.05, 0.1) is 38.8 Å². The smallest absolute Gasteiger partial charge is 0.252 e. The first-order valence-corrected chi connectivity index (χ1v) is 26.5. The first-order valence-electron chi connectivity index (χ1n) is 26.5. The summed E-state index contributed by atoms with van der Waals surface area (Å²) in [7, 11) is 0. The van der Waals surface area contributed by atoms with Crippen LogP contribution >= 0.6 is 0 Å². The van der Waals surface area contributed by atoms with Gasteiger partial charge in [0.1, 0.15) is 0 Å². The van der Waals surface area contributed by atoms with E-state index >= 15 is 0 Å². The summed E-state index contributed by atoms with van der Waals surface area (Å²) in [6, 6.07) is 86.7. The van der Waals surface area contributed by atoms with Crippen molar-refractivity contribution in [3.8, 4) is 17.1 Å². The van der Waals surface area contributed by atoms with Crippen molar-refractivity contribution in [3.63, 3.8) is 0 Å². The van der Waals surface area contributed by atoms with E-state index in [1.165, 1.54) is 121 Å². The number of anilines is 6. The summed E-state index contributed by atoms with van der Waals surface area (Å²) in [5, 5.41) is 7.33. The molecule has 2 aliphatic rings. The van der Waals surface area contributed by atoms with Crippen LogP contribution in [0.4, 0.5) is 34.1 Å². The zero-order valence-corrected chi connectivity index (χ0v) is 42.8. The van der Waals surface area contributed by atoms with Gasteiger partial charge in [0, 0.05) is 77.8 Å². The molecule has 0 amide bonds. The Hall–Kier alpha value is -9.52. The Labute approximate surface area is 441 Å². The van der Waals surface area contributed by atoms with E-state index < -0.39 is 0 Å². The molecule has 0 fully saturated rings. The van der Waals surface area contributed by atoms with E-state index in [0.29, 0.717) is 0 Å². The van der Waals surface area contributed by atoms with Crippen LogP contribution in [0.25, 0.3) is 82.5 Å². The molecule has 16 rings (SSSR count). The van der Waals surface area contributed by atoms with Gasteiger partial charge in [-0.3, -0.25) is 0 Å². The molecule has 0 radical (unpaired) electrons. The van der Waals surface area contributed by atoms with Crippen LogP contribution < -0.4 is 26.2 Å². The highest BCUT2D eigenvalue weighted by Crippen LogP contribution is 2.52. The minimum Gasteiger partial charge on any atom is -0.311 e. The molecule has 76 heavy (non-hydrogen) atoms. The zero-order valence-electron chi connectivity index (χ0n) is 42.8. The molecule has 0 saturated heterocycles. The highest BCUT2D eigenvalue weighted by Gasteiger charge is 2.44. The highest BCUT2D eigenvalue weighted by atomic mass is 15.2. The molecule has 358 valence electrons. The van der Waals surface area contributed by atoms with Crippen molar-refractivity contribution < 1.29 is 0 Å². The fraction of sp³-hybridized carbons (Fsp3) is 0.0571. The van der Waals surface area contributed by atoms with E-state index in [1.807, 2.05) is 0 Å². The molecule has 0 atom stereocenters. The fourth-order valence-corrected chi connectivity index (χ4v) is 13.4. The molecule has 0 bridgehead atoms. The number of aromatic nitrogens is 3. The Kier molecular flexibility index (Phi) is 9.04. The minimum absolute atomic E-state index is 0.0119. The van der Waals surface area contributed by atoms with Crippen molar-refractivity contribution >= 4 is 123 Å². The average Bonchev–Trinajstić information content (AvgIpc) is 4.14. The lowest BCUT2D eigenvalue weighted by Crippen LogP contribution is -2.61. The SMILES string of the molecule is Cc1ccc(N2c3ccc(C)cc3B3c4cc(C)ccc4N(c4ccc(C)cc4)c4cc(-n5c6ccccc6c6c7c(c8ccccc8n7-c7ccccc7)c7c(c8ccccc8n7-c7ccccc7)c65)cc2c43)cc1. The van der Waals surface area contributed by atoms with Gasteiger partial charge in [-0.2, -0.15) is 0 Å². The molecule has 14 aromatic rings. The molecule has 3 aromatic heterocycles. The predicted molar refractivity (Wildman–Crippen MR) is 322 cm³/mol. The number of para-hydroxylation sites is 5. The molecule has 0 saturated carbocycles. The zero-order chi connectivity index (χ0) is 50.5. The summed E-state index contributed by atoms with van der Waals surface area (Å²) in [5.41, 5.74) is 26.4. The maximum atomic E-state index is 2.63. The quantitative estimate of drug-likeness (QED) is 0.160. The van der Waals surface area contributed by atoms with Crippen LogP contribution in [0.5, 0.6) is 0 Å². The Morgan fingerprint density at radius 2 is 0.618 bits per heavy atom. The van der Waals surface area contributed by atoms with Crippen LogP contribution in [0.2, 0.25) is 0 Å². The van der Waals surface area contributed by atoms with Crippen molar-refractivity contribution in [1.82, 2.24) is 13.7 Å². The standard InChI is InChI=1S/C70H50BN5/c1-43-27-33-49(34-28-43)72-60-37-31-45(3)39-55(60)71-56-40-46(4)32-38-61(56)73(50-35-29-44(2)30-36-50)63-42-51(41-62(72)67(63)71)76-59-26-16-13-23-54(59)66-69-64(52-21-11-14-24-57(52)74(69)47-17-7-5-8-18-47)68-65(70(66)76)53-22-12-15-25-58(53)75(68)48-19-9-6-10-20-48/h5-42H,1-4H3. The van der Waals surface area contributed by atoms with Gasteiger partial charge >= 0.3 is 0 Å². The summed E-state index contributed by atoms with van der Waals surface area (Å²) < 4.78 is 7.70. The number of hydrogen-bond acceptors (Lipinski definition) is 2. The van der Waals surface area contributed by atoms with Crippen molar-refractivity contribution in [2.24, 2.45) is 0 Å². The summed E-state index contributed by atoms with van der Waals surface area (Å²) in [5.74, 6) is 0. The van der Waals surface area contributed by atoms with Crippen molar-refractivity contribution in [3.05, 3.63) is 253 Å². The van der Waals surface area contributed by atoms with Crippen LogP contribution in [-0.4, -0.2) is 20.4 Å². The Morgan fingerprint density at radius 3 is 1.01 bits per heavy atom. The van der Waals surface area contributed by atoms with Crippen LogP contribution in [0.15, 0.2) is 231 Å². The van der Waals surface area contributed by atoms with Gasteiger partial charge in [0.25, 0.3) is 6.71 Å². The topological polar surface area (TPSA) is 21.3 Å². The molecule has 2 aliphatic heterocycles. The summed E-state index contributed by atoms with van der Waals surface area (Å²) in [6.07, 6.45) is 0. The predicted octanol–water partition coefficient (Wildman–Crippen LogP) is 16.3. The normalized spacial score (nSPS) is 12.9. The largest absolute Gasteiger partial charge is 0.311 e. The molecular formula is C70H50BN5. The molecule has 0 N–H and O–H groups in total. The second-order valence-electron chi connectivity index (χ2n) is 21.2. The Bertz CT molecular complexity index is 4540. The van der Waals surface area contributed by atoms with Gasteiger partial charge in [-0.1, -0.05) is 162 Å². The summed E-state index contributed by atoms with van der Waals surface area (Å²) >= 11 is 0. The van der Waals surface area contributed by atoms with E-state index in [1.54, 1.807) is 0 Å². The van der Waals surface area contributed by atoms with Crippen molar-refractivity contribution in [2.45, 2.75) is 27.7 Å². The van der Waals surface area contributed by atoms with Crippen LogP contribution in [-0.2, 0) is 0 Å². The van der Waals surface area contributed by atoms with Crippen LogP contribution in [0.3, 0.4) is 0 Å². The second kappa shape index (κ2) is 16.0. The first-order chi connectivity index (χ1) is 37.4. The molecule has 11 aromatic carbocycles. The number of nitrogens with zero attached hydrogens (tertiary/aromatic N) is 5. The number of hydrogen-bond donors (Lipinski definition) is 0. The third kappa shape index (κ3) is 5.92. The van der Waals surface area contributed by atoms with Gasteiger partial charge in [-0.25, -0.2) is 0 Å². The van der Waals surface area contributed by atoms with Crippen LogP contribution in [0.1, 0.15) is 22.3 Å². The summed E-state index contributed by atoms with van der Waals surface area (Å²) in [6.45, 7) is 8.82. The van der Waals surface area contributed by atoms with Gasteiger partial charge in [0.2, 0.25) is 0 Å². The van der Waals surface area contributed by atoms with Crippen molar-refractivity contribution in [1.29, 1.82) is 0 Å². The van der Waals surface area contributed by atoms with E-state index in [2.05, 4.69) is 282 Å². The molecule has 0 unspecified atom stereocenters. The number of aryl methyl sites for hydroxylation is 4. The minimum atomic E-state index is -0.0119. The molecule has 5 nitrogen and oxygen atoms in total. The van der Waals surface area contributed by atoms with E-state index in [4.69, 9.17) is 0 Å². The first kappa shape index (κ1) is 42.9. The average molecular weight is 972 g/mol. The lowest BCUT2D eigenvalue weighted by molar-refractivity contribution is 1.16.